The van der Waals surface area contributed by atoms with Crippen LogP contribution in [-0.2, 0) is 9.84 Å². The third kappa shape index (κ3) is 3.76. The zero-order valence-corrected chi connectivity index (χ0v) is 10.7. The van der Waals surface area contributed by atoms with Crippen LogP contribution in [-0.4, -0.2) is 32.0 Å². The Kier molecular flexibility index (Phi) is 4.59. The van der Waals surface area contributed by atoms with Gasteiger partial charge >= 0.3 is 0 Å². The third-order valence-corrected chi connectivity index (χ3v) is 5.35. The lowest BCUT2D eigenvalue weighted by atomic mass is 9.89. The van der Waals surface area contributed by atoms with E-state index in [2.05, 4.69) is 12.2 Å². The van der Waals surface area contributed by atoms with Crippen molar-refractivity contribution in [2.75, 3.05) is 18.1 Å². The fourth-order valence-corrected chi connectivity index (χ4v) is 3.21. The zero-order chi connectivity index (χ0) is 11.4. The number of hydrogen-bond donors (Lipinski definition) is 1. The van der Waals surface area contributed by atoms with Crippen molar-refractivity contribution in [1.29, 1.82) is 0 Å². The Hall–Kier alpha value is -0.0900. The molecule has 1 saturated heterocycles. The summed E-state index contributed by atoms with van der Waals surface area (Å²) in [7, 11) is -2.77. The molecule has 3 nitrogen and oxygen atoms in total. The molecule has 1 unspecified atom stereocenters. The van der Waals surface area contributed by atoms with E-state index in [4.69, 9.17) is 0 Å². The standard InChI is InChI=1S/C11H23NO2S/c1-3-11(7-5-9-12-11)8-6-10-15(13,14)4-2/h12H,3-10H2,1-2H3. The van der Waals surface area contributed by atoms with Gasteiger partial charge in [-0.05, 0) is 38.6 Å². The van der Waals surface area contributed by atoms with Crippen molar-refractivity contribution in [3.05, 3.63) is 0 Å². The average molecular weight is 233 g/mol. The third-order valence-electron chi connectivity index (χ3n) is 3.56. The minimum absolute atomic E-state index is 0.239. The average Bonchev–Trinajstić information content (AvgIpc) is 2.67. The molecule has 1 aliphatic rings. The van der Waals surface area contributed by atoms with E-state index in [-0.39, 0.29) is 11.3 Å². The second kappa shape index (κ2) is 5.30. The summed E-state index contributed by atoms with van der Waals surface area (Å²) in [5.41, 5.74) is 0.239. The van der Waals surface area contributed by atoms with Gasteiger partial charge in [0.2, 0.25) is 0 Å². The zero-order valence-electron chi connectivity index (χ0n) is 9.88. The number of sulfone groups is 1. The van der Waals surface area contributed by atoms with E-state index < -0.39 is 9.84 Å². The van der Waals surface area contributed by atoms with Crippen molar-refractivity contribution in [3.8, 4) is 0 Å². The minimum atomic E-state index is -2.77. The Bertz CT molecular complexity index is 279. The minimum Gasteiger partial charge on any atom is -0.311 e. The van der Waals surface area contributed by atoms with Gasteiger partial charge in [0.25, 0.3) is 0 Å². The van der Waals surface area contributed by atoms with E-state index in [0.29, 0.717) is 5.75 Å². The summed E-state index contributed by atoms with van der Waals surface area (Å²) in [6, 6.07) is 0. The molecular weight excluding hydrogens is 210 g/mol. The molecular formula is C11H23NO2S. The van der Waals surface area contributed by atoms with E-state index in [1.54, 1.807) is 6.92 Å². The van der Waals surface area contributed by atoms with Crippen LogP contribution in [0, 0.1) is 0 Å². The molecule has 0 bridgehead atoms. The van der Waals surface area contributed by atoms with Gasteiger partial charge < -0.3 is 5.32 Å². The molecule has 0 aromatic rings. The first kappa shape index (κ1) is 13.0. The molecule has 15 heavy (non-hydrogen) atoms. The van der Waals surface area contributed by atoms with E-state index in [1.165, 1.54) is 12.8 Å². The van der Waals surface area contributed by atoms with Crippen LogP contribution in [0.3, 0.4) is 0 Å². The van der Waals surface area contributed by atoms with E-state index in [9.17, 15) is 8.42 Å². The molecule has 1 heterocycles. The highest BCUT2D eigenvalue weighted by Gasteiger charge is 2.30. The maximum Gasteiger partial charge on any atom is 0.150 e. The van der Waals surface area contributed by atoms with E-state index in [0.717, 1.165) is 25.8 Å². The Morgan fingerprint density at radius 2 is 2.07 bits per heavy atom. The molecule has 0 aromatic carbocycles. The Morgan fingerprint density at radius 3 is 2.53 bits per heavy atom. The quantitative estimate of drug-likeness (QED) is 0.760. The summed E-state index contributed by atoms with van der Waals surface area (Å²) in [5.74, 6) is 0.631. The fourth-order valence-electron chi connectivity index (χ4n) is 2.34. The van der Waals surface area contributed by atoms with Gasteiger partial charge in [0.1, 0.15) is 9.84 Å². The van der Waals surface area contributed by atoms with Crippen LogP contribution in [0.1, 0.15) is 46.0 Å². The Balaban J connectivity index is 2.36. The first-order valence-corrected chi connectivity index (χ1v) is 7.81. The summed E-state index contributed by atoms with van der Waals surface area (Å²) < 4.78 is 22.7. The van der Waals surface area contributed by atoms with Gasteiger partial charge in [-0.1, -0.05) is 13.8 Å². The highest BCUT2D eigenvalue weighted by Crippen LogP contribution is 2.27. The van der Waals surface area contributed by atoms with Crippen molar-refractivity contribution in [2.24, 2.45) is 0 Å². The molecule has 1 fully saturated rings. The normalized spacial score (nSPS) is 27.1. The molecule has 0 aromatic heterocycles. The number of hydrogen-bond acceptors (Lipinski definition) is 3. The predicted octanol–water partition coefficient (Wildman–Crippen LogP) is 1.73. The summed E-state index contributed by atoms with van der Waals surface area (Å²) in [6.07, 6.45) is 5.35. The molecule has 90 valence electrons. The second-order valence-corrected chi connectivity index (χ2v) is 6.98. The van der Waals surface area contributed by atoms with Gasteiger partial charge in [0.05, 0.1) is 5.75 Å². The van der Waals surface area contributed by atoms with Crippen LogP contribution in [0.25, 0.3) is 0 Å². The van der Waals surface area contributed by atoms with Crippen LogP contribution in [0.15, 0.2) is 0 Å². The highest BCUT2D eigenvalue weighted by molar-refractivity contribution is 7.91. The molecule has 0 saturated carbocycles. The van der Waals surface area contributed by atoms with Gasteiger partial charge in [0, 0.05) is 11.3 Å². The summed E-state index contributed by atoms with van der Waals surface area (Å²) in [4.78, 5) is 0. The molecule has 1 aliphatic heterocycles. The van der Waals surface area contributed by atoms with Crippen LogP contribution in [0.4, 0.5) is 0 Å². The Labute approximate surface area is 93.6 Å². The SMILES string of the molecule is CCC1(CCCS(=O)(=O)CC)CCCN1. The lowest BCUT2D eigenvalue weighted by Crippen LogP contribution is -2.39. The second-order valence-electron chi connectivity index (χ2n) is 4.50. The van der Waals surface area contributed by atoms with Crippen molar-refractivity contribution >= 4 is 9.84 Å². The van der Waals surface area contributed by atoms with Gasteiger partial charge in [-0.2, -0.15) is 0 Å². The van der Waals surface area contributed by atoms with Gasteiger partial charge in [-0.3, -0.25) is 0 Å². The molecule has 0 aliphatic carbocycles. The smallest absolute Gasteiger partial charge is 0.150 e. The predicted molar refractivity (Wildman–Crippen MR) is 63.8 cm³/mol. The van der Waals surface area contributed by atoms with Crippen molar-refractivity contribution in [3.63, 3.8) is 0 Å². The largest absolute Gasteiger partial charge is 0.311 e. The van der Waals surface area contributed by atoms with Crippen LogP contribution in [0.5, 0.6) is 0 Å². The van der Waals surface area contributed by atoms with E-state index >= 15 is 0 Å². The molecule has 1 N–H and O–H groups in total. The lowest BCUT2D eigenvalue weighted by Gasteiger charge is -2.28. The number of rotatable bonds is 6. The van der Waals surface area contributed by atoms with Crippen LogP contribution in [0.2, 0.25) is 0 Å². The molecule has 4 heteroatoms. The number of nitrogens with one attached hydrogen (secondary N) is 1. The van der Waals surface area contributed by atoms with Gasteiger partial charge in [0.15, 0.2) is 0 Å². The monoisotopic (exact) mass is 233 g/mol. The Morgan fingerprint density at radius 1 is 1.33 bits per heavy atom. The summed E-state index contributed by atoms with van der Waals surface area (Å²) in [5, 5.41) is 3.53. The fraction of sp³-hybridized carbons (Fsp3) is 1.00. The molecule has 0 spiro atoms. The van der Waals surface area contributed by atoms with E-state index in [1.807, 2.05) is 0 Å². The van der Waals surface area contributed by atoms with Crippen molar-refractivity contribution in [2.45, 2.75) is 51.5 Å². The molecule has 0 amide bonds. The molecule has 0 radical (unpaired) electrons. The van der Waals surface area contributed by atoms with Gasteiger partial charge in [-0.25, -0.2) is 8.42 Å². The first-order valence-electron chi connectivity index (χ1n) is 5.99. The molecule has 1 atom stereocenters. The lowest BCUT2D eigenvalue weighted by molar-refractivity contribution is 0.333. The maximum atomic E-state index is 11.3. The highest BCUT2D eigenvalue weighted by atomic mass is 32.2. The first-order chi connectivity index (χ1) is 7.04. The topological polar surface area (TPSA) is 46.2 Å². The van der Waals surface area contributed by atoms with Gasteiger partial charge in [-0.15, -0.1) is 0 Å². The summed E-state index contributed by atoms with van der Waals surface area (Å²) in [6.45, 7) is 5.00. The van der Waals surface area contributed by atoms with Crippen molar-refractivity contribution in [1.82, 2.24) is 5.32 Å². The van der Waals surface area contributed by atoms with Crippen LogP contribution < -0.4 is 5.32 Å². The maximum absolute atomic E-state index is 11.3. The summed E-state index contributed by atoms with van der Waals surface area (Å²) >= 11 is 0. The van der Waals surface area contributed by atoms with Crippen LogP contribution >= 0.6 is 0 Å². The van der Waals surface area contributed by atoms with Crippen molar-refractivity contribution < 1.29 is 8.42 Å². The molecule has 1 rings (SSSR count).